The van der Waals surface area contributed by atoms with Crippen LogP contribution in [0.3, 0.4) is 0 Å². The molecule has 3 aromatic carbocycles. The number of rotatable bonds is 14. The summed E-state index contributed by atoms with van der Waals surface area (Å²) in [7, 11) is -3.67. The van der Waals surface area contributed by atoms with E-state index in [2.05, 4.69) is 5.32 Å². The number of hydrogen-bond acceptors (Lipinski definition) is 4. The maximum Gasteiger partial charge on any atom is 0.243 e. The van der Waals surface area contributed by atoms with Crippen LogP contribution < -0.4 is 9.62 Å². The van der Waals surface area contributed by atoms with Gasteiger partial charge in [-0.05, 0) is 62.1 Å². The van der Waals surface area contributed by atoms with E-state index in [1.807, 2.05) is 44.2 Å². The number of halogens is 3. The first-order valence-corrected chi connectivity index (χ1v) is 17.1. The van der Waals surface area contributed by atoms with Crippen molar-refractivity contribution in [3.63, 3.8) is 0 Å². The van der Waals surface area contributed by atoms with Crippen molar-refractivity contribution in [3.8, 4) is 0 Å². The Kier molecular flexibility index (Phi) is 12.8. The summed E-state index contributed by atoms with van der Waals surface area (Å²) < 4.78 is 26.8. The number of hydrogen-bond donors (Lipinski definition) is 1. The summed E-state index contributed by atoms with van der Waals surface area (Å²) in [4.78, 5) is 29.2. The lowest BCUT2D eigenvalue weighted by Crippen LogP contribution is -2.52. The van der Waals surface area contributed by atoms with Crippen LogP contribution in [-0.2, 0) is 32.6 Å². The van der Waals surface area contributed by atoms with Gasteiger partial charge in [0.15, 0.2) is 0 Å². The zero-order valence-electron chi connectivity index (χ0n) is 24.8. The summed E-state index contributed by atoms with van der Waals surface area (Å²) in [5.74, 6) is -0.616. The van der Waals surface area contributed by atoms with Gasteiger partial charge in [-0.3, -0.25) is 13.9 Å². The van der Waals surface area contributed by atoms with Crippen LogP contribution in [-0.4, -0.2) is 50.0 Å². The van der Waals surface area contributed by atoms with E-state index in [1.165, 1.54) is 9.21 Å². The number of sulfonamides is 1. The molecule has 2 atom stereocenters. The molecule has 0 bridgehead atoms. The highest BCUT2D eigenvalue weighted by Gasteiger charge is 2.32. The number of amides is 2. The smallest absolute Gasteiger partial charge is 0.243 e. The summed E-state index contributed by atoms with van der Waals surface area (Å²) in [5.41, 5.74) is 2.49. The molecule has 1 N–H and O–H groups in total. The Morgan fingerprint density at radius 2 is 1.51 bits per heavy atom. The summed E-state index contributed by atoms with van der Waals surface area (Å²) in [5, 5.41) is 4.23. The molecule has 3 aromatic rings. The van der Waals surface area contributed by atoms with Crippen molar-refractivity contribution in [1.82, 2.24) is 10.2 Å². The van der Waals surface area contributed by atoms with Crippen LogP contribution in [0, 0.1) is 6.92 Å². The van der Waals surface area contributed by atoms with E-state index in [-0.39, 0.29) is 50.2 Å². The standard InChI is InChI=1S/C32H38Cl3N3O4S/c1-5-22(2)36-32(40)30(20-24-12-7-6-8-13-24)37(21-25-27(34)15-9-16-28(25)35)31(39)18-11-19-38(43(4,41)42)29-17-10-14-26(33)23(29)3/h6-10,12-17,22,30H,5,11,18-21H2,1-4H3,(H,36,40)/t22-,30-/m1/s1. The van der Waals surface area contributed by atoms with Gasteiger partial charge in [-0.25, -0.2) is 8.42 Å². The van der Waals surface area contributed by atoms with Gasteiger partial charge in [-0.2, -0.15) is 0 Å². The second-order valence-corrected chi connectivity index (χ2v) is 13.7. The van der Waals surface area contributed by atoms with E-state index in [9.17, 15) is 18.0 Å². The Bertz CT molecular complexity index is 1500. The molecule has 0 saturated heterocycles. The second-order valence-electron chi connectivity index (χ2n) is 10.6. The maximum absolute atomic E-state index is 14.0. The first-order valence-electron chi connectivity index (χ1n) is 14.1. The number of nitrogens with one attached hydrogen (secondary N) is 1. The van der Waals surface area contributed by atoms with Gasteiger partial charge in [0.25, 0.3) is 0 Å². The summed E-state index contributed by atoms with van der Waals surface area (Å²) >= 11 is 19.3. The minimum Gasteiger partial charge on any atom is -0.352 e. The number of carbonyl (C=O) groups excluding carboxylic acids is 2. The highest BCUT2D eigenvalue weighted by Crippen LogP contribution is 2.30. The van der Waals surface area contributed by atoms with E-state index >= 15 is 0 Å². The number of nitrogens with zero attached hydrogens (tertiary/aromatic N) is 2. The average molecular weight is 667 g/mol. The van der Waals surface area contributed by atoms with Crippen molar-refractivity contribution in [2.45, 2.75) is 65.1 Å². The summed E-state index contributed by atoms with van der Waals surface area (Å²) in [6.07, 6.45) is 2.30. The molecule has 0 unspecified atom stereocenters. The van der Waals surface area contributed by atoms with Crippen molar-refractivity contribution in [3.05, 3.63) is 98.5 Å². The van der Waals surface area contributed by atoms with Gasteiger partial charge in [0.1, 0.15) is 6.04 Å². The average Bonchev–Trinajstić information content (AvgIpc) is 2.95. The van der Waals surface area contributed by atoms with E-state index < -0.39 is 16.1 Å². The van der Waals surface area contributed by atoms with Crippen LogP contribution in [0.25, 0.3) is 0 Å². The third-order valence-electron chi connectivity index (χ3n) is 7.32. The van der Waals surface area contributed by atoms with Gasteiger partial charge in [0, 0.05) is 52.6 Å². The zero-order valence-corrected chi connectivity index (χ0v) is 27.9. The highest BCUT2D eigenvalue weighted by molar-refractivity contribution is 7.92. The van der Waals surface area contributed by atoms with Crippen molar-refractivity contribution >= 4 is 62.3 Å². The Morgan fingerprint density at radius 3 is 2.12 bits per heavy atom. The van der Waals surface area contributed by atoms with E-state index in [0.717, 1.165) is 18.2 Å². The molecule has 0 aliphatic heterocycles. The predicted molar refractivity (Wildman–Crippen MR) is 176 cm³/mol. The molecule has 0 spiro atoms. The molecule has 43 heavy (non-hydrogen) atoms. The van der Waals surface area contributed by atoms with Gasteiger partial charge in [-0.15, -0.1) is 0 Å². The molecule has 7 nitrogen and oxygen atoms in total. The quantitative estimate of drug-likeness (QED) is 0.200. The molecule has 0 aliphatic rings. The zero-order chi connectivity index (χ0) is 31.7. The molecule has 3 rings (SSSR count). The van der Waals surface area contributed by atoms with Crippen LogP contribution >= 0.6 is 34.8 Å². The number of benzene rings is 3. The summed E-state index contributed by atoms with van der Waals surface area (Å²) in [6.45, 7) is 5.69. The van der Waals surface area contributed by atoms with Gasteiger partial charge in [0.2, 0.25) is 21.8 Å². The van der Waals surface area contributed by atoms with Crippen LogP contribution in [0.15, 0.2) is 66.7 Å². The molecule has 2 amide bonds. The van der Waals surface area contributed by atoms with Crippen LogP contribution in [0.5, 0.6) is 0 Å². The molecule has 0 aliphatic carbocycles. The Labute approximate surface area is 270 Å². The molecule has 232 valence electrons. The molecule has 0 saturated carbocycles. The molecular formula is C32H38Cl3N3O4S. The van der Waals surface area contributed by atoms with E-state index in [4.69, 9.17) is 34.8 Å². The molecule has 0 heterocycles. The fraction of sp³-hybridized carbons (Fsp3) is 0.375. The van der Waals surface area contributed by atoms with Crippen molar-refractivity contribution in [1.29, 1.82) is 0 Å². The van der Waals surface area contributed by atoms with Crippen LogP contribution in [0.4, 0.5) is 5.69 Å². The molecule has 0 radical (unpaired) electrons. The SMILES string of the molecule is CC[C@@H](C)NC(=O)[C@@H](Cc1ccccc1)N(Cc1c(Cl)cccc1Cl)C(=O)CCCN(c1cccc(Cl)c1C)S(C)(=O)=O. The van der Waals surface area contributed by atoms with Gasteiger partial charge < -0.3 is 10.2 Å². The Hall–Kier alpha value is -2.78. The summed E-state index contributed by atoms with van der Waals surface area (Å²) in [6, 6.07) is 18.7. The monoisotopic (exact) mass is 665 g/mol. The van der Waals surface area contributed by atoms with Crippen molar-refractivity contribution in [2.75, 3.05) is 17.1 Å². The fourth-order valence-corrected chi connectivity index (χ4v) is 6.40. The van der Waals surface area contributed by atoms with Gasteiger partial charge in [0.05, 0.1) is 11.9 Å². The van der Waals surface area contributed by atoms with Crippen molar-refractivity contribution in [2.24, 2.45) is 0 Å². The molecular weight excluding hydrogens is 629 g/mol. The van der Waals surface area contributed by atoms with Crippen LogP contribution in [0.1, 0.15) is 49.8 Å². The minimum atomic E-state index is -3.67. The fourth-order valence-electron chi connectivity index (χ4n) is 4.70. The lowest BCUT2D eigenvalue weighted by atomic mass is 10.0. The lowest BCUT2D eigenvalue weighted by molar-refractivity contribution is -0.141. The topological polar surface area (TPSA) is 86.8 Å². The molecule has 0 aromatic heterocycles. The third kappa shape index (κ3) is 9.60. The number of carbonyl (C=O) groups is 2. The minimum absolute atomic E-state index is 0.00591. The highest BCUT2D eigenvalue weighted by atomic mass is 35.5. The maximum atomic E-state index is 14.0. The second kappa shape index (κ2) is 15.8. The molecule has 11 heteroatoms. The van der Waals surface area contributed by atoms with E-state index in [0.29, 0.717) is 31.9 Å². The lowest BCUT2D eigenvalue weighted by Gasteiger charge is -2.33. The normalized spacial score (nSPS) is 12.8. The van der Waals surface area contributed by atoms with Gasteiger partial charge in [-0.1, -0.05) is 84.2 Å². The Morgan fingerprint density at radius 1 is 0.907 bits per heavy atom. The molecule has 0 fully saturated rings. The predicted octanol–water partition coefficient (Wildman–Crippen LogP) is 7.06. The van der Waals surface area contributed by atoms with E-state index in [1.54, 1.807) is 43.3 Å². The Balaban J connectivity index is 1.95. The number of anilines is 1. The van der Waals surface area contributed by atoms with Crippen molar-refractivity contribution < 1.29 is 18.0 Å². The van der Waals surface area contributed by atoms with Gasteiger partial charge >= 0.3 is 0 Å². The third-order valence-corrected chi connectivity index (χ3v) is 9.62. The first-order chi connectivity index (χ1) is 20.3. The first kappa shape index (κ1) is 34.7. The van der Waals surface area contributed by atoms with Crippen LogP contribution in [0.2, 0.25) is 15.1 Å². The largest absolute Gasteiger partial charge is 0.352 e.